The number of hydrogen-bond donors (Lipinski definition) is 1. The van der Waals surface area contributed by atoms with Crippen LogP contribution in [-0.2, 0) is 4.79 Å². The Morgan fingerprint density at radius 2 is 2.41 bits per heavy atom. The maximum absolute atomic E-state index is 10.7. The zero-order valence-electron chi connectivity index (χ0n) is 9.64. The molecule has 2 rings (SSSR count). The van der Waals surface area contributed by atoms with Crippen molar-refractivity contribution < 1.29 is 4.79 Å². The van der Waals surface area contributed by atoms with Gasteiger partial charge in [0.25, 0.3) is 0 Å². The van der Waals surface area contributed by atoms with E-state index in [1.807, 2.05) is 12.3 Å². The summed E-state index contributed by atoms with van der Waals surface area (Å²) in [6.45, 7) is 1.60. The Morgan fingerprint density at radius 1 is 1.53 bits per heavy atom. The van der Waals surface area contributed by atoms with Crippen molar-refractivity contribution in [3.63, 3.8) is 0 Å². The summed E-state index contributed by atoms with van der Waals surface area (Å²) in [6.07, 6.45) is 6.88. The molecule has 0 aliphatic carbocycles. The van der Waals surface area contributed by atoms with Crippen molar-refractivity contribution in [2.24, 2.45) is 0 Å². The molecule has 1 aromatic heterocycles. The highest BCUT2D eigenvalue weighted by Gasteiger charge is 1.95. The van der Waals surface area contributed by atoms with Crippen LogP contribution >= 0.6 is 11.8 Å². The van der Waals surface area contributed by atoms with Crippen LogP contribution in [0.5, 0.6) is 0 Å². The molecule has 0 saturated carbocycles. The van der Waals surface area contributed by atoms with Crippen LogP contribution < -0.4 is 0 Å². The van der Waals surface area contributed by atoms with Crippen LogP contribution in [0.2, 0.25) is 0 Å². The molecule has 0 bridgehead atoms. The van der Waals surface area contributed by atoms with E-state index in [2.05, 4.69) is 34.5 Å². The number of aromatic nitrogens is 2. The molecule has 0 atom stereocenters. The quantitative estimate of drug-likeness (QED) is 0.842. The van der Waals surface area contributed by atoms with Gasteiger partial charge in [-0.05, 0) is 18.1 Å². The fourth-order valence-electron chi connectivity index (χ4n) is 1.55. The first-order chi connectivity index (χ1) is 8.25. The molecule has 0 fully saturated rings. The van der Waals surface area contributed by atoms with Crippen LogP contribution in [0.25, 0.3) is 17.0 Å². The topological polar surface area (TPSA) is 45.8 Å². The van der Waals surface area contributed by atoms with Gasteiger partial charge in [0, 0.05) is 18.1 Å². The number of rotatable bonds is 4. The summed E-state index contributed by atoms with van der Waals surface area (Å²) in [5.74, 6) is 0.845. The van der Waals surface area contributed by atoms with Gasteiger partial charge in [0.2, 0.25) is 0 Å². The zero-order valence-corrected chi connectivity index (χ0v) is 10.5. The Labute approximate surface area is 104 Å². The first kappa shape index (κ1) is 11.9. The van der Waals surface area contributed by atoms with Gasteiger partial charge in [-0.3, -0.25) is 9.89 Å². The smallest absolute Gasteiger partial charge is 0.185 e. The first-order valence-electron chi connectivity index (χ1n) is 5.49. The van der Waals surface area contributed by atoms with Crippen LogP contribution in [0, 0.1) is 0 Å². The Balaban J connectivity index is 1.93. The lowest BCUT2D eigenvalue weighted by Gasteiger charge is -1.94. The fourth-order valence-corrected chi connectivity index (χ4v) is 2.09. The van der Waals surface area contributed by atoms with Gasteiger partial charge in [-0.2, -0.15) is 5.10 Å². The van der Waals surface area contributed by atoms with E-state index in [0.29, 0.717) is 0 Å². The summed E-state index contributed by atoms with van der Waals surface area (Å²) in [5.41, 5.74) is 2.19. The van der Waals surface area contributed by atoms with E-state index in [0.717, 1.165) is 28.6 Å². The second kappa shape index (κ2) is 5.68. The lowest BCUT2D eigenvalue weighted by Crippen LogP contribution is -1.83. The second-order valence-corrected chi connectivity index (χ2v) is 5.02. The molecule has 0 saturated heterocycles. The maximum Gasteiger partial charge on any atom is 0.185 e. The van der Waals surface area contributed by atoms with Crippen LogP contribution in [0.3, 0.4) is 0 Å². The Kier molecular flexibility index (Phi) is 3.98. The van der Waals surface area contributed by atoms with Crippen molar-refractivity contribution in [2.75, 3.05) is 5.75 Å². The Morgan fingerprint density at radius 3 is 3.24 bits per heavy atom. The van der Waals surface area contributed by atoms with Crippen molar-refractivity contribution in [3.05, 3.63) is 36.0 Å². The number of thioether (sulfide) groups is 1. The summed E-state index contributed by atoms with van der Waals surface area (Å²) in [4.78, 5) is 10.7. The molecule has 4 heteroatoms. The van der Waals surface area contributed by atoms with Crippen molar-refractivity contribution in [1.82, 2.24) is 10.2 Å². The molecule has 2 aromatic rings. The van der Waals surface area contributed by atoms with E-state index in [1.165, 1.54) is 11.8 Å². The van der Waals surface area contributed by atoms with E-state index in [1.54, 1.807) is 6.92 Å². The minimum atomic E-state index is 0.178. The zero-order chi connectivity index (χ0) is 12.1. The molecule has 17 heavy (non-hydrogen) atoms. The number of H-pyrrole nitrogens is 1. The number of allylic oxidation sites excluding steroid dienone is 1. The summed E-state index contributed by atoms with van der Waals surface area (Å²) in [6, 6.07) is 6.17. The highest BCUT2D eigenvalue weighted by molar-refractivity contribution is 8.13. The van der Waals surface area contributed by atoms with Gasteiger partial charge < -0.3 is 0 Å². The molecule has 1 heterocycles. The molecule has 1 N–H and O–H groups in total. The molecule has 0 aliphatic heterocycles. The van der Waals surface area contributed by atoms with E-state index < -0.39 is 0 Å². The van der Waals surface area contributed by atoms with Crippen LogP contribution in [-0.4, -0.2) is 21.1 Å². The summed E-state index contributed by atoms with van der Waals surface area (Å²) in [7, 11) is 0. The largest absolute Gasteiger partial charge is 0.288 e. The number of aromatic amines is 1. The molecule has 1 aromatic carbocycles. The highest BCUT2D eigenvalue weighted by Crippen LogP contribution is 2.14. The van der Waals surface area contributed by atoms with Crippen molar-refractivity contribution in [3.8, 4) is 0 Å². The predicted molar refractivity (Wildman–Crippen MR) is 72.9 cm³/mol. The van der Waals surface area contributed by atoms with Crippen LogP contribution in [0.1, 0.15) is 18.9 Å². The molecule has 3 nitrogen and oxygen atoms in total. The minimum absolute atomic E-state index is 0.178. The normalized spacial score (nSPS) is 11.4. The predicted octanol–water partition coefficient (Wildman–Crippen LogP) is 3.25. The van der Waals surface area contributed by atoms with Gasteiger partial charge >= 0.3 is 0 Å². The van der Waals surface area contributed by atoms with Gasteiger partial charge in [0.1, 0.15) is 0 Å². The van der Waals surface area contributed by atoms with Gasteiger partial charge in [-0.25, -0.2) is 0 Å². The molecule has 0 unspecified atom stereocenters. The second-order valence-electron chi connectivity index (χ2n) is 3.75. The summed E-state index contributed by atoms with van der Waals surface area (Å²) in [5, 5.41) is 8.22. The standard InChI is InChI=1S/C13H14N2OS/c1-10(16)17-7-3-2-4-11-5-6-12-9-14-15-13(12)8-11/h2,4-6,8-9H,3,7H2,1H3,(H,14,15). The molecule has 0 radical (unpaired) electrons. The average molecular weight is 246 g/mol. The minimum Gasteiger partial charge on any atom is -0.288 e. The highest BCUT2D eigenvalue weighted by atomic mass is 32.2. The maximum atomic E-state index is 10.7. The number of nitrogens with one attached hydrogen (secondary N) is 1. The average Bonchev–Trinajstić information content (AvgIpc) is 2.75. The number of fused-ring (bicyclic) bond motifs is 1. The molecule has 0 amide bonds. The molecule has 0 spiro atoms. The number of nitrogens with zero attached hydrogens (tertiary/aromatic N) is 1. The van der Waals surface area contributed by atoms with Crippen LogP contribution in [0.15, 0.2) is 30.5 Å². The molecule has 0 aliphatic rings. The third kappa shape index (κ3) is 3.46. The van der Waals surface area contributed by atoms with E-state index in [-0.39, 0.29) is 5.12 Å². The lowest BCUT2D eigenvalue weighted by atomic mass is 10.1. The SMILES string of the molecule is CC(=O)SCCC=Cc1ccc2cn[nH]c2c1. The molecular weight excluding hydrogens is 232 g/mol. The van der Waals surface area contributed by atoms with Gasteiger partial charge in [0.05, 0.1) is 11.7 Å². The number of carbonyl (C=O) groups is 1. The van der Waals surface area contributed by atoms with Gasteiger partial charge in [0.15, 0.2) is 5.12 Å². The van der Waals surface area contributed by atoms with E-state index in [9.17, 15) is 4.79 Å². The van der Waals surface area contributed by atoms with Crippen LogP contribution in [0.4, 0.5) is 0 Å². The van der Waals surface area contributed by atoms with E-state index >= 15 is 0 Å². The summed E-state index contributed by atoms with van der Waals surface area (Å²) < 4.78 is 0. The van der Waals surface area contributed by atoms with Gasteiger partial charge in [-0.1, -0.05) is 36.0 Å². The van der Waals surface area contributed by atoms with Crippen molar-refractivity contribution >= 4 is 33.9 Å². The number of hydrogen-bond acceptors (Lipinski definition) is 3. The Bertz CT molecular complexity index is 545. The molecular formula is C13H14N2OS. The molecule has 88 valence electrons. The third-order valence-electron chi connectivity index (χ3n) is 2.37. The number of benzene rings is 1. The third-order valence-corrected chi connectivity index (χ3v) is 3.21. The van der Waals surface area contributed by atoms with Crippen molar-refractivity contribution in [1.29, 1.82) is 0 Å². The van der Waals surface area contributed by atoms with Gasteiger partial charge in [-0.15, -0.1) is 0 Å². The van der Waals surface area contributed by atoms with Crippen molar-refractivity contribution in [2.45, 2.75) is 13.3 Å². The lowest BCUT2D eigenvalue weighted by molar-refractivity contribution is -0.109. The fraction of sp³-hybridized carbons (Fsp3) is 0.231. The summed E-state index contributed by atoms with van der Waals surface area (Å²) >= 11 is 1.36. The monoisotopic (exact) mass is 246 g/mol. The van der Waals surface area contributed by atoms with E-state index in [4.69, 9.17) is 0 Å². The Hall–Kier alpha value is -1.55. The number of carbonyl (C=O) groups excluding carboxylic acids is 1. The first-order valence-corrected chi connectivity index (χ1v) is 6.47.